The molecule has 1 aromatic carbocycles. The molecule has 0 spiro atoms. The van der Waals surface area contributed by atoms with E-state index in [1.165, 1.54) is 18.4 Å². The molecule has 1 aromatic heterocycles. The van der Waals surface area contributed by atoms with E-state index in [1.807, 2.05) is 6.92 Å². The number of ether oxygens (including phenoxy) is 4. The second kappa shape index (κ2) is 15.1. The normalized spacial score (nSPS) is 15.4. The van der Waals surface area contributed by atoms with Crippen LogP contribution in [0.15, 0.2) is 39.7 Å². The summed E-state index contributed by atoms with van der Waals surface area (Å²) in [6.07, 6.45) is 8.34. The first-order valence-electron chi connectivity index (χ1n) is 12.7. The Balaban J connectivity index is 1.32. The molecule has 1 fully saturated rings. The molecule has 10 heteroatoms. The smallest absolute Gasteiger partial charge is 0.312 e. The Labute approximate surface area is 211 Å². The molecule has 0 amide bonds. The molecule has 0 saturated carbocycles. The number of nitrogens with one attached hydrogen (secondary N) is 1. The van der Waals surface area contributed by atoms with Gasteiger partial charge in [-0.05, 0) is 57.1 Å². The Morgan fingerprint density at radius 1 is 1.08 bits per heavy atom. The van der Waals surface area contributed by atoms with Crippen LogP contribution in [0.5, 0.6) is 11.5 Å². The van der Waals surface area contributed by atoms with Crippen LogP contribution in [-0.2, 0) is 16.1 Å². The highest BCUT2D eigenvalue weighted by molar-refractivity contribution is 5.58. The minimum Gasteiger partial charge on any atom is -0.487 e. The molecule has 2 heterocycles. The number of nitro benzene ring substituents is 1. The van der Waals surface area contributed by atoms with Gasteiger partial charge in [-0.15, -0.1) is 0 Å². The molecule has 1 unspecified atom stereocenters. The molecule has 0 radical (unpaired) electrons. The van der Waals surface area contributed by atoms with Crippen molar-refractivity contribution in [2.45, 2.75) is 71.2 Å². The quantitative estimate of drug-likeness (QED) is 0.181. The first-order chi connectivity index (χ1) is 17.6. The molecule has 198 valence electrons. The van der Waals surface area contributed by atoms with E-state index in [4.69, 9.17) is 23.4 Å². The third-order valence-electron chi connectivity index (χ3n) is 5.72. The lowest BCUT2D eigenvalue weighted by atomic mass is 10.2. The molecular formula is C26H36N2O8. The van der Waals surface area contributed by atoms with Gasteiger partial charge in [-0.2, -0.15) is 0 Å². The predicted molar refractivity (Wildman–Crippen MR) is 135 cm³/mol. The maximum atomic E-state index is 12.2. The monoisotopic (exact) mass is 504 g/mol. The standard InChI is InChI=1S/C26H36N2O8/c1-2-3-13-32-24-11-10-20(16-22(24)28(30)31)27-12-6-4-7-14-33-25-19-35-21(17-23(25)29)18-36-26-9-5-8-15-34-26/h10-11,16-17,19,26-27H,2-9,12-15,18H2,1H3. The maximum absolute atomic E-state index is 12.2. The van der Waals surface area contributed by atoms with Crippen LogP contribution in [0.4, 0.5) is 11.4 Å². The Bertz CT molecular complexity index is 1000. The van der Waals surface area contributed by atoms with Gasteiger partial charge in [0.05, 0.1) is 18.1 Å². The number of hydrogen-bond donors (Lipinski definition) is 1. The Morgan fingerprint density at radius 3 is 2.67 bits per heavy atom. The van der Waals surface area contributed by atoms with E-state index in [-0.39, 0.29) is 29.8 Å². The molecule has 0 aliphatic carbocycles. The Kier molecular flexibility index (Phi) is 11.5. The van der Waals surface area contributed by atoms with Crippen molar-refractivity contribution >= 4 is 11.4 Å². The van der Waals surface area contributed by atoms with Crippen molar-refractivity contribution in [2.75, 3.05) is 31.7 Å². The van der Waals surface area contributed by atoms with Gasteiger partial charge in [0.15, 0.2) is 12.0 Å². The SMILES string of the molecule is CCCCOc1ccc(NCCCCCOc2coc(COC3CCCCO3)cc2=O)cc1[N+](=O)[O-]. The zero-order chi connectivity index (χ0) is 25.6. The number of nitro groups is 1. The Morgan fingerprint density at radius 2 is 1.92 bits per heavy atom. The fourth-order valence-corrected chi connectivity index (χ4v) is 3.67. The predicted octanol–water partition coefficient (Wildman–Crippen LogP) is 5.43. The van der Waals surface area contributed by atoms with Gasteiger partial charge in [-0.1, -0.05) is 13.3 Å². The van der Waals surface area contributed by atoms with Crippen molar-refractivity contribution in [3.05, 3.63) is 56.6 Å². The first-order valence-corrected chi connectivity index (χ1v) is 12.7. The van der Waals surface area contributed by atoms with Gasteiger partial charge in [-0.3, -0.25) is 14.9 Å². The molecular weight excluding hydrogens is 468 g/mol. The third kappa shape index (κ3) is 9.16. The van der Waals surface area contributed by atoms with Crippen LogP contribution in [0, 0.1) is 10.1 Å². The second-order valence-corrected chi connectivity index (χ2v) is 8.66. The van der Waals surface area contributed by atoms with Gasteiger partial charge in [0.25, 0.3) is 0 Å². The minimum absolute atomic E-state index is 0.0387. The van der Waals surface area contributed by atoms with Gasteiger partial charge in [0.1, 0.15) is 18.6 Å². The third-order valence-corrected chi connectivity index (χ3v) is 5.72. The van der Waals surface area contributed by atoms with E-state index in [1.54, 1.807) is 12.1 Å². The van der Waals surface area contributed by atoms with Crippen molar-refractivity contribution < 1.29 is 28.3 Å². The molecule has 2 aromatic rings. The van der Waals surface area contributed by atoms with Gasteiger partial charge < -0.3 is 28.7 Å². The molecule has 0 bridgehead atoms. The zero-order valence-corrected chi connectivity index (χ0v) is 20.9. The van der Waals surface area contributed by atoms with Crippen LogP contribution in [0.3, 0.4) is 0 Å². The van der Waals surface area contributed by atoms with Crippen molar-refractivity contribution in [1.29, 1.82) is 0 Å². The molecule has 10 nitrogen and oxygen atoms in total. The van der Waals surface area contributed by atoms with Crippen LogP contribution < -0.4 is 20.2 Å². The average molecular weight is 505 g/mol. The molecule has 36 heavy (non-hydrogen) atoms. The highest BCUT2D eigenvalue weighted by Crippen LogP contribution is 2.30. The van der Waals surface area contributed by atoms with E-state index in [2.05, 4.69) is 5.32 Å². The van der Waals surface area contributed by atoms with Crippen LogP contribution in [0.1, 0.15) is 64.1 Å². The summed E-state index contributed by atoms with van der Waals surface area (Å²) in [6, 6.07) is 6.31. The highest BCUT2D eigenvalue weighted by Gasteiger charge is 2.16. The average Bonchev–Trinajstić information content (AvgIpc) is 2.89. The highest BCUT2D eigenvalue weighted by atomic mass is 16.7. The number of unbranched alkanes of at least 4 members (excludes halogenated alkanes) is 3. The fraction of sp³-hybridized carbons (Fsp3) is 0.577. The van der Waals surface area contributed by atoms with Crippen LogP contribution in [-0.4, -0.2) is 37.6 Å². The van der Waals surface area contributed by atoms with Gasteiger partial charge in [0.2, 0.25) is 11.2 Å². The van der Waals surface area contributed by atoms with E-state index in [0.717, 1.165) is 51.4 Å². The van der Waals surface area contributed by atoms with Gasteiger partial charge in [-0.25, -0.2) is 0 Å². The molecule has 1 saturated heterocycles. The van der Waals surface area contributed by atoms with Gasteiger partial charge in [0, 0.05) is 31.0 Å². The van der Waals surface area contributed by atoms with E-state index < -0.39 is 4.92 Å². The topological polar surface area (TPSA) is 122 Å². The number of hydrogen-bond acceptors (Lipinski definition) is 9. The number of benzene rings is 1. The molecule has 1 aliphatic heterocycles. The Hall–Kier alpha value is -3.11. The largest absolute Gasteiger partial charge is 0.487 e. The van der Waals surface area contributed by atoms with Crippen LogP contribution >= 0.6 is 0 Å². The van der Waals surface area contributed by atoms with Crippen molar-refractivity contribution in [2.24, 2.45) is 0 Å². The van der Waals surface area contributed by atoms with E-state index in [0.29, 0.717) is 43.6 Å². The zero-order valence-electron chi connectivity index (χ0n) is 20.9. The summed E-state index contributed by atoms with van der Waals surface area (Å²) >= 11 is 0. The fourth-order valence-electron chi connectivity index (χ4n) is 3.67. The lowest BCUT2D eigenvalue weighted by Gasteiger charge is -2.22. The van der Waals surface area contributed by atoms with E-state index >= 15 is 0 Å². The van der Waals surface area contributed by atoms with E-state index in [9.17, 15) is 14.9 Å². The summed E-state index contributed by atoms with van der Waals surface area (Å²) < 4.78 is 27.7. The summed E-state index contributed by atoms with van der Waals surface area (Å²) in [5, 5.41) is 14.6. The number of anilines is 1. The molecule has 1 aliphatic rings. The maximum Gasteiger partial charge on any atom is 0.312 e. The lowest BCUT2D eigenvalue weighted by molar-refractivity contribution is -0.385. The van der Waals surface area contributed by atoms with Crippen LogP contribution in [0.25, 0.3) is 0 Å². The number of rotatable bonds is 16. The van der Waals surface area contributed by atoms with Crippen LogP contribution in [0.2, 0.25) is 0 Å². The molecule has 3 rings (SSSR count). The summed E-state index contributed by atoms with van der Waals surface area (Å²) in [5.41, 5.74) is 0.399. The lowest BCUT2D eigenvalue weighted by Crippen LogP contribution is -2.22. The number of nitrogens with zero attached hydrogens (tertiary/aromatic N) is 1. The summed E-state index contributed by atoms with van der Waals surface area (Å²) in [7, 11) is 0. The van der Waals surface area contributed by atoms with Gasteiger partial charge >= 0.3 is 5.69 Å². The first kappa shape index (κ1) is 27.5. The van der Waals surface area contributed by atoms with Crippen molar-refractivity contribution in [1.82, 2.24) is 0 Å². The second-order valence-electron chi connectivity index (χ2n) is 8.66. The summed E-state index contributed by atoms with van der Waals surface area (Å²) in [6.45, 7) is 4.44. The van der Waals surface area contributed by atoms with Crippen molar-refractivity contribution in [3.63, 3.8) is 0 Å². The molecule has 1 atom stereocenters. The summed E-state index contributed by atoms with van der Waals surface area (Å²) in [5.74, 6) is 0.909. The summed E-state index contributed by atoms with van der Waals surface area (Å²) in [4.78, 5) is 23.2. The van der Waals surface area contributed by atoms with Crippen molar-refractivity contribution in [3.8, 4) is 11.5 Å². The minimum atomic E-state index is -0.425. The molecule has 1 N–H and O–H groups in total.